The molecule has 2 aromatic heterocycles. The summed E-state index contributed by atoms with van der Waals surface area (Å²) in [5, 5.41) is 10.3. The standard InChI is InChI=1S/C17H15N5O2/c18-16(23)15-13-6-10(3-4-14(13)21-22-15)11-5-12(8-19-7-11)20-17(24)9-1-2-9/h3-9H,1-2H2,(H2,18,23)(H,20,24)(H,21,22). The number of benzene rings is 1. The zero-order chi connectivity index (χ0) is 16.7. The molecule has 120 valence electrons. The first kappa shape index (κ1) is 14.4. The lowest BCUT2D eigenvalue weighted by Gasteiger charge is -2.07. The van der Waals surface area contributed by atoms with E-state index in [1.807, 2.05) is 24.3 Å². The number of nitrogens with two attached hydrogens (primary N) is 1. The molecule has 1 aromatic carbocycles. The maximum atomic E-state index is 11.9. The summed E-state index contributed by atoms with van der Waals surface area (Å²) in [4.78, 5) is 27.5. The maximum absolute atomic E-state index is 11.9. The summed E-state index contributed by atoms with van der Waals surface area (Å²) in [5.74, 6) is -0.411. The number of nitrogens with zero attached hydrogens (tertiary/aromatic N) is 2. The Bertz CT molecular complexity index is 959. The van der Waals surface area contributed by atoms with E-state index in [2.05, 4.69) is 20.5 Å². The van der Waals surface area contributed by atoms with Crippen LogP contribution in [0.15, 0.2) is 36.7 Å². The van der Waals surface area contributed by atoms with Crippen molar-refractivity contribution in [1.82, 2.24) is 15.2 Å². The van der Waals surface area contributed by atoms with Crippen LogP contribution < -0.4 is 11.1 Å². The van der Waals surface area contributed by atoms with Gasteiger partial charge in [0.2, 0.25) is 5.91 Å². The highest BCUT2D eigenvalue weighted by Gasteiger charge is 2.29. The Kier molecular flexibility index (Phi) is 3.26. The number of primary amides is 1. The molecule has 0 atom stereocenters. The molecular formula is C17H15N5O2. The van der Waals surface area contributed by atoms with Gasteiger partial charge in [0.15, 0.2) is 5.69 Å². The number of hydrogen-bond donors (Lipinski definition) is 3. The molecule has 0 bridgehead atoms. The zero-order valence-corrected chi connectivity index (χ0v) is 12.7. The van der Waals surface area contributed by atoms with E-state index in [9.17, 15) is 9.59 Å². The van der Waals surface area contributed by atoms with E-state index in [1.54, 1.807) is 12.4 Å². The molecule has 4 N–H and O–H groups in total. The predicted octanol–water partition coefficient (Wildman–Crippen LogP) is 2.07. The molecule has 2 heterocycles. The third kappa shape index (κ3) is 2.60. The van der Waals surface area contributed by atoms with E-state index in [-0.39, 0.29) is 17.5 Å². The summed E-state index contributed by atoms with van der Waals surface area (Å²) in [6.45, 7) is 0. The van der Waals surface area contributed by atoms with Crippen LogP contribution in [0.5, 0.6) is 0 Å². The summed E-state index contributed by atoms with van der Waals surface area (Å²) in [6, 6.07) is 7.43. The molecular weight excluding hydrogens is 306 g/mol. The number of hydrogen-bond acceptors (Lipinski definition) is 4. The van der Waals surface area contributed by atoms with Gasteiger partial charge in [-0.05, 0) is 36.6 Å². The van der Waals surface area contributed by atoms with Crippen molar-refractivity contribution in [3.63, 3.8) is 0 Å². The molecule has 0 aliphatic heterocycles. The Balaban J connectivity index is 1.70. The summed E-state index contributed by atoms with van der Waals surface area (Å²) < 4.78 is 0. The smallest absolute Gasteiger partial charge is 0.269 e. The highest BCUT2D eigenvalue weighted by Crippen LogP contribution is 2.31. The van der Waals surface area contributed by atoms with Gasteiger partial charge in [-0.2, -0.15) is 5.10 Å². The van der Waals surface area contributed by atoms with Crippen molar-refractivity contribution in [2.45, 2.75) is 12.8 Å². The van der Waals surface area contributed by atoms with Crippen LogP contribution in [0.1, 0.15) is 23.3 Å². The summed E-state index contributed by atoms with van der Waals surface area (Å²) in [5.41, 5.74) is 8.64. The average Bonchev–Trinajstić information content (AvgIpc) is 3.34. The van der Waals surface area contributed by atoms with Crippen molar-refractivity contribution in [2.75, 3.05) is 5.32 Å². The van der Waals surface area contributed by atoms with Gasteiger partial charge >= 0.3 is 0 Å². The third-order valence-electron chi connectivity index (χ3n) is 4.08. The number of pyridine rings is 1. The van der Waals surface area contributed by atoms with Crippen molar-refractivity contribution in [2.24, 2.45) is 11.7 Å². The lowest BCUT2D eigenvalue weighted by molar-refractivity contribution is -0.117. The van der Waals surface area contributed by atoms with Crippen LogP contribution in [0.3, 0.4) is 0 Å². The van der Waals surface area contributed by atoms with Crippen LogP contribution in [0.2, 0.25) is 0 Å². The largest absolute Gasteiger partial charge is 0.364 e. The molecule has 0 radical (unpaired) electrons. The van der Waals surface area contributed by atoms with Crippen molar-refractivity contribution in [3.05, 3.63) is 42.4 Å². The van der Waals surface area contributed by atoms with Gasteiger partial charge in [-0.1, -0.05) is 6.07 Å². The normalized spacial score (nSPS) is 13.8. The lowest BCUT2D eigenvalue weighted by Crippen LogP contribution is -2.13. The van der Waals surface area contributed by atoms with Crippen molar-refractivity contribution >= 4 is 28.4 Å². The minimum absolute atomic E-state index is 0.0373. The molecule has 1 aliphatic rings. The monoisotopic (exact) mass is 321 g/mol. The molecule has 24 heavy (non-hydrogen) atoms. The van der Waals surface area contributed by atoms with Gasteiger partial charge in [-0.15, -0.1) is 0 Å². The number of anilines is 1. The number of carbonyl (C=O) groups excluding carboxylic acids is 2. The molecule has 1 fully saturated rings. The van der Waals surface area contributed by atoms with Crippen LogP contribution in [-0.2, 0) is 4.79 Å². The molecule has 7 heteroatoms. The molecule has 3 aromatic rings. The molecule has 2 amide bonds. The number of H-pyrrole nitrogens is 1. The van der Waals surface area contributed by atoms with Gasteiger partial charge in [0.1, 0.15) is 0 Å². The predicted molar refractivity (Wildman–Crippen MR) is 89.2 cm³/mol. The van der Waals surface area contributed by atoms with E-state index in [0.717, 1.165) is 29.5 Å². The Hall–Kier alpha value is -3.22. The molecule has 0 unspecified atom stereocenters. The van der Waals surface area contributed by atoms with E-state index >= 15 is 0 Å². The topological polar surface area (TPSA) is 114 Å². The number of fused-ring (bicyclic) bond motifs is 1. The Morgan fingerprint density at radius 1 is 1.17 bits per heavy atom. The van der Waals surface area contributed by atoms with Crippen molar-refractivity contribution in [3.8, 4) is 11.1 Å². The summed E-state index contributed by atoms with van der Waals surface area (Å²) in [6.07, 6.45) is 5.23. The minimum atomic E-state index is -0.582. The summed E-state index contributed by atoms with van der Waals surface area (Å²) >= 11 is 0. The number of carbonyl (C=O) groups is 2. The number of aromatic amines is 1. The molecule has 0 saturated heterocycles. The fraction of sp³-hybridized carbons (Fsp3) is 0.176. The quantitative estimate of drug-likeness (QED) is 0.682. The first-order chi connectivity index (χ1) is 11.6. The average molecular weight is 321 g/mol. The number of nitrogens with one attached hydrogen (secondary N) is 2. The molecule has 7 nitrogen and oxygen atoms in total. The van der Waals surface area contributed by atoms with Crippen LogP contribution in [0.25, 0.3) is 22.0 Å². The van der Waals surface area contributed by atoms with Crippen LogP contribution in [0.4, 0.5) is 5.69 Å². The maximum Gasteiger partial charge on any atom is 0.269 e. The Morgan fingerprint density at radius 3 is 2.75 bits per heavy atom. The fourth-order valence-corrected chi connectivity index (χ4v) is 2.64. The highest BCUT2D eigenvalue weighted by molar-refractivity contribution is 6.05. The minimum Gasteiger partial charge on any atom is -0.364 e. The van der Waals surface area contributed by atoms with Crippen molar-refractivity contribution in [1.29, 1.82) is 0 Å². The lowest BCUT2D eigenvalue weighted by atomic mass is 10.0. The number of aromatic nitrogens is 3. The van der Waals surface area contributed by atoms with Gasteiger partial charge in [0.25, 0.3) is 5.91 Å². The van der Waals surface area contributed by atoms with E-state index in [4.69, 9.17) is 5.73 Å². The fourth-order valence-electron chi connectivity index (χ4n) is 2.64. The second-order valence-electron chi connectivity index (χ2n) is 5.92. The van der Waals surface area contributed by atoms with Crippen LogP contribution in [0, 0.1) is 5.92 Å². The number of rotatable bonds is 4. The first-order valence-corrected chi connectivity index (χ1v) is 7.66. The van der Waals surface area contributed by atoms with Gasteiger partial charge < -0.3 is 11.1 Å². The van der Waals surface area contributed by atoms with Gasteiger partial charge in [-0.3, -0.25) is 19.7 Å². The van der Waals surface area contributed by atoms with E-state index in [0.29, 0.717) is 11.1 Å². The highest BCUT2D eigenvalue weighted by atomic mass is 16.2. The van der Waals surface area contributed by atoms with Gasteiger partial charge in [0, 0.05) is 23.1 Å². The van der Waals surface area contributed by atoms with Gasteiger partial charge in [-0.25, -0.2) is 0 Å². The van der Waals surface area contributed by atoms with Gasteiger partial charge in [0.05, 0.1) is 17.4 Å². The second kappa shape index (κ2) is 5.45. The third-order valence-corrected chi connectivity index (χ3v) is 4.08. The molecule has 4 rings (SSSR count). The second-order valence-corrected chi connectivity index (χ2v) is 5.92. The Labute approximate surface area is 137 Å². The molecule has 1 aliphatic carbocycles. The van der Waals surface area contributed by atoms with E-state index in [1.165, 1.54) is 0 Å². The molecule has 0 spiro atoms. The first-order valence-electron chi connectivity index (χ1n) is 7.66. The zero-order valence-electron chi connectivity index (χ0n) is 12.7. The Morgan fingerprint density at radius 2 is 2.00 bits per heavy atom. The summed E-state index contributed by atoms with van der Waals surface area (Å²) in [7, 11) is 0. The number of amides is 2. The van der Waals surface area contributed by atoms with E-state index < -0.39 is 5.91 Å². The van der Waals surface area contributed by atoms with Crippen molar-refractivity contribution < 1.29 is 9.59 Å². The SMILES string of the molecule is NC(=O)c1n[nH]c2ccc(-c3cncc(NC(=O)C4CC4)c3)cc12. The van der Waals surface area contributed by atoms with Crippen LogP contribution in [-0.4, -0.2) is 27.0 Å². The molecule has 1 saturated carbocycles. The van der Waals surface area contributed by atoms with Crippen LogP contribution >= 0.6 is 0 Å².